The van der Waals surface area contributed by atoms with Crippen molar-refractivity contribution in [2.45, 2.75) is 13.0 Å². The molecular weight excluding hydrogens is 230 g/mol. The number of ether oxygens (including phenoxy) is 1. The number of benzene rings is 1. The zero-order valence-electron chi connectivity index (χ0n) is 7.51. The van der Waals surface area contributed by atoms with Crippen LogP contribution in [0, 0.1) is 6.92 Å². The van der Waals surface area contributed by atoms with Gasteiger partial charge in [0.25, 0.3) is 0 Å². The number of nitrogens with one attached hydrogen (secondary N) is 1. The minimum Gasteiger partial charge on any atom is -0.377 e. The van der Waals surface area contributed by atoms with Crippen LogP contribution in [0.4, 0.5) is 5.69 Å². The van der Waals surface area contributed by atoms with Crippen LogP contribution in [0.15, 0.2) is 22.7 Å². The minimum atomic E-state index is 0.484. The third-order valence-electron chi connectivity index (χ3n) is 2.19. The summed E-state index contributed by atoms with van der Waals surface area (Å²) < 4.78 is 6.25. The van der Waals surface area contributed by atoms with Gasteiger partial charge in [0.05, 0.1) is 19.3 Å². The molecule has 2 rings (SSSR count). The summed E-state index contributed by atoms with van der Waals surface area (Å²) in [6.45, 7) is 3.73. The van der Waals surface area contributed by atoms with Crippen LogP contribution >= 0.6 is 15.9 Å². The first-order valence-electron chi connectivity index (χ1n) is 4.37. The second kappa shape index (κ2) is 3.68. The highest BCUT2D eigenvalue weighted by molar-refractivity contribution is 9.10. The molecular formula is C10H12BrNO. The van der Waals surface area contributed by atoms with Crippen LogP contribution in [0.5, 0.6) is 0 Å². The van der Waals surface area contributed by atoms with Gasteiger partial charge in [-0.2, -0.15) is 0 Å². The lowest BCUT2D eigenvalue weighted by Crippen LogP contribution is -2.40. The summed E-state index contributed by atoms with van der Waals surface area (Å²) in [5.41, 5.74) is 2.42. The number of anilines is 1. The lowest BCUT2D eigenvalue weighted by atomic mass is 10.2. The number of hydrogen-bond acceptors (Lipinski definition) is 2. The van der Waals surface area contributed by atoms with Gasteiger partial charge in [0.2, 0.25) is 0 Å². The van der Waals surface area contributed by atoms with E-state index in [4.69, 9.17) is 4.74 Å². The smallest absolute Gasteiger partial charge is 0.0729 e. The second-order valence-corrected chi connectivity index (χ2v) is 4.11. The maximum absolute atomic E-state index is 5.10. The molecule has 1 aliphatic heterocycles. The van der Waals surface area contributed by atoms with Crippen molar-refractivity contribution >= 4 is 21.6 Å². The SMILES string of the molecule is Cc1cccc(NC2COC2)c1Br. The average molecular weight is 242 g/mol. The molecule has 1 aliphatic rings. The van der Waals surface area contributed by atoms with E-state index in [0.717, 1.165) is 23.4 Å². The molecule has 1 saturated heterocycles. The first-order chi connectivity index (χ1) is 6.27. The molecule has 0 bridgehead atoms. The summed E-state index contributed by atoms with van der Waals surface area (Å²) in [4.78, 5) is 0. The van der Waals surface area contributed by atoms with Gasteiger partial charge in [-0.15, -0.1) is 0 Å². The molecule has 70 valence electrons. The van der Waals surface area contributed by atoms with Crippen LogP contribution in [-0.4, -0.2) is 19.3 Å². The quantitative estimate of drug-likeness (QED) is 0.860. The largest absolute Gasteiger partial charge is 0.377 e. The molecule has 0 aromatic heterocycles. The lowest BCUT2D eigenvalue weighted by Gasteiger charge is -2.28. The van der Waals surface area contributed by atoms with E-state index in [1.807, 2.05) is 0 Å². The van der Waals surface area contributed by atoms with E-state index in [-0.39, 0.29) is 0 Å². The van der Waals surface area contributed by atoms with E-state index < -0.39 is 0 Å². The predicted molar refractivity (Wildman–Crippen MR) is 57.1 cm³/mol. The maximum atomic E-state index is 5.10. The van der Waals surface area contributed by atoms with Gasteiger partial charge in [-0.05, 0) is 34.5 Å². The van der Waals surface area contributed by atoms with Gasteiger partial charge in [0.1, 0.15) is 0 Å². The molecule has 1 heterocycles. The molecule has 2 nitrogen and oxygen atoms in total. The van der Waals surface area contributed by atoms with Crippen molar-refractivity contribution in [3.05, 3.63) is 28.2 Å². The maximum Gasteiger partial charge on any atom is 0.0729 e. The van der Waals surface area contributed by atoms with Gasteiger partial charge in [0.15, 0.2) is 0 Å². The number of hydrogen-bond donors (Lipinski definition) is 1. The Morgan fingerprint density at radius 1 is 1.46 bits per heavy atom. The van der Waals surface area contributed by atoms with Crippen molar-refractivity contribution in [1.29, 1.82) is 0 Å². The van der Waals surface area contributed by atoms with Gasteiger partial charge < -0.3 is 10.1 Å². The van der Waals surface area contributed by atoms with Gasteiger partial charge in [-0.25, -0.2) is 0 Å². The number of halogens is 1. The first kappa shape index (κ1) is 9.03. The molecule has 1 fully saturated rings. The molecule has 0 atom stereocenters. The Bertz CT molecular complexity index is 310. The lowest BCUT2D eigenvalue weighted by molar-refractivity contribution is 0.0211. The molecule has 13 heavy (non-hydrogen) atoms. The van der Waals surface area contributed by atoms with Crippen molar-refractivity contribution in [3.8, 4) is 0 Å². The van der Waals surface area contributed by atoms with Crippen LogP contribution in [0.2, 0.25) is 0 Å². The zero-order chi connectivity index (χ0) is 9.26. The fourth-order valence-corrected chi connectivity index (χ4v) is 1.68. The summed E-state index contributed by atoms with van der Waals surface area (Å²) in [5.74, 6) is 0. The normalized spacial score (nSPS) is 16.8. The van der Waals surface area contributed by atoms with Crippen LogP contribution in [0.3, 0.4) is 0 Å². The van der Waals surface area contributed by atoms with Crippen molar-refractivity contribution in [3.63, 3.8) is 0 Å². The van der Waals surface area contributed by atoms with Crippen LogP contribution in [-0.2, 0) is 4.74 Å². The van der Waals surface area contributed by atoms with Crippen LogP contribution in [0.1, 0.15) is 5.56 Å². The monoisotopic (exact) mass is 241 g/mol. The molecule has 0 unspecified atom stereocenters. The zero-order valence-corrected chi connectivity index (χ0v) is 9.10. The van der Waals surface area contributed by atoms with E-state index in [1.54, 1.807) is 0 Å². The second-order valence-electron chi connectivity index (χ2n) is 3.32. The Morgan fingerprint density at radius 3 is 2.85 bits per heavy atom. The molecule has 0 saturated carbocycles. The van der Waals surface area contributed by atoms with Crippen molar-refractivity contribution < 1.29 is 4.74 Å². The summed E-state index contributed by atoms with van der Waals surface area (Å²) in [5, 5.41) is 3.42. The van der Waals surface area contributed by atoms with E-state index in [9.17, 15) is 0 Å². The standard InChI is InChI=1S/C10H12BrNO/c1-7-3-2-4-9(10(7)11)12-8-5-13-6-8/h2-4,8,12H,5-6H2,1H3. The van der Waals surface area contributed by atoms with E-state index in [1.165, 1.54) is 5.56 Å². The summed E-state index contributed by atoms with van der Waals surface area (Å²) in [6.07, 6.45) is 0. The third kappa shape index (κ3) is 1.86. The van der Waals surface area contributed by atoms with E-state index in [0.29, 0.717) is 6.04 Å². The van der Waals surface area contributed by atoms with Crippen molar-refractivity contribution in [1.82, 2.24) is 0 Å². The number of aryl methyl sites for hydroxylation is 1. The Hall–Kier alpha value is -0.540. The minimum absolute atomic E-state index is 0.484. The van der Waals surface area contributed by atoms with E-state index >= 15 is 0 Å². The highest BCUT2D eigenvalue weighted by atomic mass is 79.9. The Kier molecular flexibility index (Phi) is 2.56. The van der Waals surface area contributed by atoms with Gasteiger partial charge >= 0.3 is 0 Å². The Balaban J connectivity index is 2.14. The summed E-state index contributed by atoms with van der Waals surface area (Å²) >= 11 is 3.56. The molecule has 0 spiro atoms. The molecule has 0 radical (unpaired) electrons. The molecule has 1 aromatic carbocycles. The highest BCUT2D eigenvalue weighted by Gasteiger charge is 2.18. The van der Waals surface area contributed by atoms with Gasteiger partial charge in [-0.1, -0.05) is 12.1 Å². The first-order valence-corrected chi connectivity index (χ1v) is 5.16. The summed E-state index contributed by atoms with van der Waals surface area (Å²) in [6, 6.07) is 6.71. The average Bonchev–Trinajstić information content (AvgIpc) is 2.04. The van der Waals surface area contributed by atoms with Crippen molar-refractivity contribution in [2.75, 3.05) is 18.5 Å². The van der Waals surface area contributed by atoms with Crippen LogP contribution < -0.4 is 5.32 Å². The summed E-state index contributed by atoms with van der Waals surface area (Å²) in [7, 11) is 0. The fraction of sp³-hybridized carbons (Fsp3) is 0.400. The topological polar surface area (TPSA) is 21.3 Å². The van der Waals surface area contributed by atoms with Crippen molar-refractivity contribution in [2.24, 2.45) is 0 Å². The van der Waals surface area contributed by atoms with Crippen LogP contribution in [0.25, 0.3) is 0 Å². The molecule has 1 N–H and O–H groups in total. The highest BCUT2D eigenvalue weighted by Crippen LogP contribution is 2.26. The van der Waals surface area contributed by atoms with Gasteiger partial charge in [-0.3, -0.25) is 0 Å². The Labute approximate surface area is 86.4 Å². The fourth-order valence-electron chi connectivity index (χ4n) is 1.30. The third-order valence-corrected chi connectivity index (χ3v) is 3.24. The van der Waals surface area contributed by atoms with E-state index in [2.05, 4.69) is 46.4 Å². The molecule has 0 aliphatic carbocycles. The molecule has 0 amide bonds. The molecule has 1 aromatic rings. The molecule has 3 heteroatoms. The number of rotatable bonds is 2. The van der Waals surface area contributed by atoms with Gasteiger partial charge in [0, 0.05) is 10.2 Å². The predicted octanol–water partition coefficient (Wildman–Crippen LogP) is 2.57. The Morgan fingerprint density at radius 2 is 2.23 bits per heavy atom.